The number of hydrogen-bond donors (Lipinski definition) is 3. The van der Waals surface area contributed by atoms with E-state index in [9.17, 15) is 4.79 Å². The van der Waals surface area contributed by atoms with Gasteiger partial charge in [0.05, 0.1) is 13.2 Å². The summed E-state index contributed by atoms with van der Waals surface area (Å²) in [6, 6.07) is 10.8. The number of halogens is 1. The van der Waals surface area contributed by atoms with Crippen molar-refractivity contribution in [3.8, 4) is 5.75 Å². The minimum atomic E-state index is -0.414. The van der Waals surface area contributed by atoms with E-state index < -0.39 is 5.91 Å². The van der Waals surface area contributed by atoms with Gasteiger partial charge >= 0.3 is 5.91 Å². The molecule has 1 aliphatic rings. The highest BCUT2D eigenvalue weighted by atomic mass is 79.9. The highest BCUT2D eigenvalue weighted by Gasteiger charge is 2.12. The molecule has 1 saturated heterocycles. The lowest BCUT2D eigenvalue weighted by atomic mass is 10.3. The van der Waals surface area contributed by atoms with E-state index >= 15 is 0 Å². The molecule has 1 aromatic heterocycles. The van der Waals surface area contributed by atoms with E-state index in [4.69, 9.17) is 26.1 Å². The molecule has 0 unspecified atom stereocenters. The predicted octanol–water partition coefficient (Wildman–Crippen LogP) is 2.45. The first-order valence-electron chi connectivity index (χ1n) is 9.71. The fraction of sp³-hybridized carbons (Fsp3) is 0.400. The average molecular weight is 497 g/mol. The Kier molecular flexibility index (Phi) is 8.94. The standard InChI is InChI=1S/C20H25BrN4O4S/c21-15-2-4-16(5-3-15)28-14-17-6-7-18(29-17)19(26)23-24-20(30)22-8-1-9-25-10-12-27-13-11-25/h2-7H,1,8-14H2,(H,23,26)(H2,22,24,30). The highest BCUT2D eigenvalue weighted by molar-refractivity contribution is 9.10. The third-order valence-corrected chi connectivity index (χ3v) is 5.19. The molecule has 0 atom stereocenters. The topological polar surface area (TPSA) is 88.0 Å². The SMILES string of the molecule is O=C(NNC(=S)NCCCN1CCOCC1)c1ccc(COc2ccc(Br)cc2)o1. The average Bonchev–Trinajstić information content (AvgIpc) is 3.25. The Labute approximate surface area is 189 Å². The smallest absolute Gasteiger partial charge is 0.305 e. The van der Waals surface area contributed by atoms with Gasteiger partial charge in [-0.25, -0.2) is 0 Å². The first-order chi connectivity index (χ1) is 14.6. The van der Waals surface area contributed by atoms with Crippen LogP contribution in [0.4, 0.5) is 0 Å². The lowest BCUT2D eigenvalue weighted by Crippen LogP contribution is -2.47. The van der Waals surface area contributed by atoms with Gasteiger partial charge in [-0.3, -0.25) is 20.5 Å². The van der Waals surface area contributed by atoms with Crippen molar-refractivity contribution in [1.82, 2.24) is 21.1 Å². The first-order valence-corrected chi connectivity index (χ1v) is 10.9. The quantitative estimate of drug-likeness (QED) is 0.291. The molecule has 1 amide bonds. The summed E-state index contributed by atoms with van der Waals surface area (Å²) in [7, 11) is 0. The maximum atomic E-state index is 12.2. The van der Waals surface area contributed by atoms with Crippen molar-refractivity contribution >= 4 is 39.2 Å². The molecular formula is C20H25BrN4O4S. The molecule has 0 saturated carbocycles. The van der Waals surface area contributed by atoms with E-state index in [0.717, 1.165) is 50.3 Å². The predicted molar refractivity (Wildman–Crippen MR) is 120 cm³/mol. The van der Waals surface area contributed by atoms with Gasteiger partial charge in [-0.05, 0) is 61.6 Å². The maximum absolute atomic E-state index is 12.2. The third-order valence-electron chi connectivity index (χ3n) is 4.41. The van der Waals surface area contributed by atoms with Gasteiger partial charge in [0, 0.05) is 24.1 Å². The van der Waals surface area contributed by atoms with Gasteiger partial charge in [-0.15, -0.1) is 0 Å². The second-order valence-corrected chi connectivity index (χ2v) is 7.98. The monoisotopic (exact) mass is 496 g/mol. The Morgan fingerprint density at radius 2 is 1.90 bits per heavy atom. The maximum Gasteiger partial charge on any atom is 0.305 e. The molecule has 3 N–H and O–H groups in total. The summed E-state index contributed by atoms with van der Waals surface area (Å²) in [4.78, 5) is 14.6. The number of hydrazine groups is 1. The second kappa shape index (κ2) is 11.9. The summed E-state index contributed by atoms with van der Waals surface area (Å²) < 4.78 is 17.5. The fourth-order valence-electron chi connectivity index (χ4n) is 2.81. The molecule has 0 bridgehead atoms. The molecule has 1 aliphatic heterocycles. The molecule has 8 nitrogen and oxygen atoms in total. The number of nitrogens with one attached hydrogen (secondary N) is 3. The molecular weight excluding hydrogens is 472 g/mol. The van der Waals surface area contributed by atoms with Crippen molar-refractivity contribution in [3.63, 3.8) is 0 Å². The van der Waals surface area contributed by atoms with Crippen molar-refractivity contribution in [2.75, 3.05) is 39.4 Å². The van der Waals surface area contributed by atoms with E-state index in [2.05, 4.69) is 37.0 Å². The number of nitrogens with zero attached hydrogens (tertiary/aromatic N) is 1. The second-order valence-electron chi connectivity index (χ2n) is 6.65. The number of hydrogen-bond acceptors (Lipinski definition) is 6. The van der Waals surface area contributed by atoms with Gasteiger partial charge < -0.3 is 19.2 Å². The third kappa shape index (κ3) is 7.60. The molecule has 162 valence electrons. The van der Waals surface area contributed by atoms with Crippen molar-refractivity contribution in [2.24, 2.45) is 0 Å². The van der Waals surface area contributed by atoms with Crippen molar-refractivity contribution < 1.29 is 18.7 Å². The van der Waals surface area contributed by atoms with Gasteiger partial charge in [-0.1, -0.05) is 15.9 Å². The number of benzene rings is 1. The Balaban J connectivity index is 1.31. The van der Waals surface area contributed by atoms with Crippen LogP contribution in [-0.4, -0.2) is 55.3 Å². The number of ether oxygens (including phenoxy) is 2. The van der Waals surface area contributed by atoms with E-state index in [-0.39, 0.29) is 12.4 Å². The number of thiocarbonyl (C=S) groups is 1. The number of morpholine rings is 1. The van der Waals surface area contributed by atoms with Crippen LogP contribution in [0.1, 0.15) is 22.7 Å². The van der Waals surface area contributed by atoms with E-state index in [0.29, 0.717) is 16.6 Å². The van der Waals surface area contributed by atoms with Crippen LogP contribution < -0.4 is 20.9 Å². The Bertz CT molecular complexity index is 824. The van der Waals surface area contributed by atoms with Crippen molar-refractivity contribution in [2.45, 2.75) is 13.0 Å². The zero-order valence-corrected chi connectivity index (χ0v) is 18.9. The lowest BCUT2D eigenvalue weighted by molar-refractivity contribution is 0.0376. The fourth-order valence-corrected chi connectivity index (χ4v) is 3.23. The largest absolute Gasteiger partial charge is 0.486 e. The zero-order valence-electron chi connectivity index (χ0n) is 16.5. The van der Waals surface area contributed by atoms with Gasteiger partial charge in [0.1, 0.15) is 18.1 Å². The van der Waals surface area contributed by atoms with Crippen LogP contribution in [0.25, 0.3) is 0 Å². The Hall–Kier alpha value is -2.14. The van der Waals surface area contributed by atoms with Gasteiger partial charge in [0.15, 0.2) is 10.9 Å². The van der Waals surface area contributed by atoms with Crippen LogP contribution in [0.3, 0.4) is 0 Å². The molecule has 0 spiro atoms. The van der Waals surface area contributed by atoms with Crippen LogP contribution in [-0.2, 0) is 11.3 Å². The molecule has 2 heterocycles. The Morgan fingerprint density at radius 1 is 1.13 bits per heavy atom. The number of carbonyl (C=O) groups is 1. The van der Waals surface area contributed by atoms with Crippen molar-refractivity contribution in [1.29, 1.82) is 0 Å². The van der Waals surface area contributed by atoms with Crippen LogP contribution >= 0.6 is 28.1 Å². The van der Waals surface area contributed by atoms with Gasteiger partial charge in [0.25, 0.3) is 0 Å². The highest BCUT2D eigenvalue weighted by Crippen LogP contribution is 2.18. The molecule has 10 heteroatoms. The summed E-state index contributed by atoms with van der Waals surface area (Å²) in [5.74, 6) is 1.02. The number of furan rings is 1. The molecule has 0 radical (unpaired) electrons. The summed E-state index contributed by atoms with van der Waals surface area (Å²) >= 11 is 8.55. The summed E-state index contributed by atoms with van der Waals surface area (Å²) in [5, 5.41) is 3.43. The molecule has 1 fully saturated rings. The molecule has 0 aliphatic carbocycles. The van der Waals surface area contributed by atoms with Crippen LogP contribution in [0.5, 0.6) is 5.75 Å². The molecule has 2 aromatic rings. The molecule has 3 rings (SSSR count). The lowest BCUT2D eigenvalue weighted by Gasteiger charge is -2.26. The molecule has 1 aromatic carbocycles. The Morgan fingerprint density at radius 3 is 2.67 bits per heavy atom. The van der Waals surface area contributed by atoms with Crippen LogP contribution in [0.2, 0.25) is 0 Å². The van der Waals surface area contributed by atoms with Crippen LogP contribution in [0.15, 0.2) is 45.3 Å². The van der Waals surface area contributed by atoms with Gasteiger partial charge in [0.2, 0.25) is 0 Å². The number of amides is 1. The molecule has 30 heavy (non-hydrogen) atoms. The minimum absolute atomic E-state index is 0.173. The summed E-state index contributed by atoms with van der Waals surface area (Å²) in [5.41, 5.74) is 5.21. The summed E-state index contributed by atoms with van der Waals surface area (Å²) in [6.45, 7) is 5.47. The summed E-state index contributed by atoms with van der Waals surface area (Å²) in [6.07, 6.45) is 0.954. The normalized spacial score (nSPS) is 14.2. The zero-order chi connectivity index (χ0) is 21.2. The van der Waals surface area contributed by atoms with Crippen molar-refractivity contribution in [3.05, 3.63) is 52.4 Å². The van der Waals surface area contributed by atoms with Gasteiger partial charge in [-0.2, -0.15) is 0 Å². The number of rotatable bonds is 8. The van der Waals surface area contributed by atoms with E-state index in [1.54, 1.807) is 12.1 Å². The van der Waals surface area contributed by atoms with Crippen LogP contribution in [0, 0.1) is 0 Å². The minimum Gasteiger partial charge on any atom is -0.486 e. The van der Waals surface area contributed by atoms with E-state index in [1.807, 2.05) is 24.3 Å². The first kappa shape index (κ1) is 22.5. The number of carbonyl (C=O) groups excluding carboxylic acids is 1. The van der Waals surface area contributed by atoms with E-state index in [1.165, 1.54) is 0 Å².